The summed E-state index contributed by atoms with van der Waals surface area (Å²) in [4.78, 5) is 7.06. The monoisotopic (exact) mass is 410 g/mol. The summed E-state index contributed by atoms with van der Waals surface area (Å²) < 4.78 is 2.00. The van der Waals surface area contributed by atoms with Crippen LogP contribution in [0.2, 0.25) is 0 Å². The number of rotatable bonds is 7. The van der Waals surface area contributed by atoms with Gasteiger partial charge in [0.1, 0.15) is 5.69 Å². The Morgan fingerprint density at radius 2 is 1.90 bits per heavy atom. The summed E-state index contributed by atoms with van der Waals surface area (Å²) in [5.74, 6) is 0. The number of allylic oxidation sites excluding steroid dienone is 6. The van der Waals surface area contributed by atoms with Crippen LogP contribution in [0.3, 0.4) is 0 Å². The molecule has 1 aromatic heterocycles. The predicted molar refractivity (Wildman–Crippen MR) is 130 cm³/mol. The minimum atomic E-state index is 0.363. The molecule has 4 nitrogen and oxygen atoms in total. The Balaban J connectivity index is 0.00000155. The van der Waals surface area contributed by atoms with Gasteiger partial charge in [-0.1, -0.05) is 55.4 Å². The van der Waals surface area contributed by atoms with Gasteiger partial charge in [-0.05, 0) is 58.8 Å². The molecule has 0 radical (unpaired) electrons. The summed E-state index contributed by atoms with van der Waals surface area (Å²) in [6.45, 7) is 13.9. The number of aryl methyl sites for hydroxylation is 1. The van der Waals surface area contributed by atoms with Crippen LogP contribution in [-0.2, 0) is 7.05 Å². The van der Waals surface area contributed by atoms with Crippen molar-refractivity contribution in [3.05, 3.63) is 59.7 Å². The molecule has 1 aromatic rings. The average Bonchev–Trinajstić information content (AvgIpc) is 3.12. The molecular formula is C26H42N4. The van der Waals surface area contributed by atoms with Crippen molar-refractivity contribution >= 4 is 5.70 Å². The molecule has 0 aliphatic heterocycles. The molecule has 2 aliphatic rings. The Hall–Kier alpha value is -2.07. The van der Waals surface area contributed by atoms with Crippen LogP contribution in [0.5, 0.6) is 0 Å². The van der Waals surface area contributed by atoms with E-state index in [0.717, 1.165) is 62.9 Å². The number of hydrogen-bond donors (Lipinski definition) is 1. The highest BCUT2D eigenvalue weighted by Crippen LogP contribution is 2.29. The van der Waals surface area contributed by atoms with E-state index in [0.29, 0.717) is 12.1 Å². The Morgan fingerprint density at radius 3 is 2.53 bits per heavy atom. The first-order valence-corrected chi connectivity index (χ1v) is 11.7. The molecule has 0 amide bonds. The zero-order chi connectivity index (χ0) is 22.1. The zero-order valence-electron chi connectivity index (χ0n) is 19.8. The maximum atomic E-state index is 6.15. The number of nitrogens with two attached hydrogens (primary N) is 1. The highest BCUT2D eigenvalue weighted by Gasteiger charge is 2.26. The molecule has 1 saturated carbocycles. The molecule has 0 saturated heterocycles. The average molecular weight is 411 g/mol. The van der Waals surface area contributed by atoms with E-state index < -0.39 is 0 Å². The van der Waals surface area contributed by atoms with Gasteiger partial charge in [-0.15, -0.1) is 0 Å². The van der Waals surface area contributed by atoms with Crippen molar-refractivity contribution in [3.8, 4) is 0 Å². The maximum absolute atomic E-state index is 6.15. The van der Waals surface area contributed by atoms with Crippen LogP contribution in [0.15, 0.2) is 54.1 Å². The minimum Gasteiger partial charge on any atom is -0.367 e. The van der Waals surface area contributed by atoms with Gasteiger partial charge < -0.3 is 15.2 Å². The molecule has 166 valence electrons. The van der Waals surface area contributed by atoms with E-state index in [1.54, 1.807) is 5.57 Å². The first-order valence-electron chi connectivity index (χ1n) is 11.7. The molecule has 30 heavy (non-hydrogen) atoms. The summed E-state index contributed by atoms with van der Waals surface area (Å²) in [5.41, 5.74) is 12.5. The van der Waals surface area contributed by atoms with E-state index in [4.69, 9.17) is 5.73 Å². The third-order valence-corrected chi connectivity index (χ3v) is 6.23. The molecule has 1 heterocycles. The van der Waals surface area contributed by atoms with E-state index in [9.17, 15) is 0 Å². The molecule has 0 unspecified atom stereocenters. The standard InChI is InChI=1S/C24H36N4.C2H6/c1-18-7-9-19(2)21(10-8-18)6-5-15-28(23-13-11-22(25)12-14-23)20(3)24-16-27(4)17-26-24;1-2/h7-9,16-17,22-23H,3,5-6,10-15,25H2,1-2,4H3;1-2H3. The molecular weight excluding hydrogens is 368 g/mol. The van der Waals surface area contributed by atoms with E-state index in [1.165, 1.54) is 11.1 Å². The van der Waals surface area contributed by atoms with Crippen molar-refractivity contribution in [2.45, 2.75) is 84.7 Å². The zero-order valence-corrected chi connectivity index (χ0v) is 19.8. The van der Waals surface area contributed by atoms with Crippen LogP contribution in [0.4, 0.5) is 0 Å². The van der Waals surface area contributed by atoms with Crippen LogP contribution < -0.4 is 5.73 Å². The van der Waals surface area contributed by atoms with Crippen LogP contribution in [-0.4, -0.2) is 33.1 Å². The molecule has 3 rings (SSSR count). The minimum absolute atomic E-state index is 0.363. The van der Waals surface area contributed by atoms with Crippen molar-refractivity contribution in [1.82, 2.24) is 14.5 Å². The van der Waals surface area contributed by atoms with E-state index >= 15 is 0 Å². The van der Waals surface area contributed by atoms with Gasteiger partial charge in [0, 0.05) is 31.9 Å². The Labute approximate surface area is 184 Å². The van der Waals surface area contributed by atoms with E-state index in [2.05, 4.69) is 54.7 Å². The first kappa shape index (κ1) is 24.2. The van der Waals surface area contributed by atoms with Crippen LogP contribution in [0.1, 0.15) is 78.3 Å². The fraction of sp³-hybridized carbons (Fsp3) is 0.577. The van der Waals surface area contributed by atoms with Crippen LogP contribution >= 0.6 is 0 Å². The molecule has 0 aromatic carbocycles. The number of aromatic nitrogens is 2. The summed E-state index contributed by atoms with van der Waals surface area (Å²) in [7, 11) is 2.01. The second kappa shape index (κ2) is 11.9. The number of nitrogens with zero attached hydrogens (tertiary/aromatic N) is 3. The highest BCUT2D eigenvalue weighted by atomic mass is 15.2. The Morgan fingerprint density at radius 1 is 1.20 bits per heavy atom. The highest BCUT2D eigenvalue weighted by molar-refractivity contribution is 5.58. The summed E-state index contributed by atoms with van der Waals surface area (Å²) in [5, 5.41) is 0. The lowest BCUT2D eigenvalue weighted by atomic mass is 9.90. The van der Waals surface area contributed by atoms with Gasteiger partial charge in [-0.3, -0.25) is 0 Å². The third kappa shape index (κ3) is 6.73. The van der Waals surface area contributed by atoms with Crippen LogP contribution in [0, 0.1) is 0 Å². The van der Waals surface area contributed by atoms with Gasteiger partial charge in [0.15, 0.2) is 0 Å². The molecule has 0 atom stereocenters. The normalized spacial score (nSPS) is 21.5. The lowest BCUT2D eigenvalue weighted by Gasteiger charge is -2.38. The fourth-order valence-corrected chi connectivity index (χ4v) is 4.31. The van der Waals surface area contributed by atoms with Gasteiger partial charge in [-0.2, -0.15) is 0 Å². The van der Waals surface area contributed by atoms with Crippen molar-refractivity contribution < 1.29 is 0 Å². The largest absolute Gasteiger partial charge is 0.367 e. The SMILES string of the molecule is C=C(c1cn(C)cn1)N(CCCC1=C(C)C=CC(C)=CC1)C1CCC(N)CC1.CC. The van der Waals surface area contributed by atoms with Crippen molar-refractivity contribution in [1.29, 1.82) is 0 Å². The summed E-state index contributed by atoms with van der Waals surface area (Å²) in [6.07, 6.45) is 18.6. The van der Waals surface area contributed by atoms with Crippen molar-refractivity contribution in [3.63, 3.8) is 0 Å². The predicted octanol–water partition coefficient (Wildman–Crippen LogP) is 5.99. The molecule has 0 spiro atoms. The molecule has 0 bridgehead atoms. The van der Waals surface area contributed by atoms with Gasteiger partial charge in [-0.25, -0.2) is 4.98 Å². The molecule has 2 N–H and O–H groups in total. The summed E-state index contributed by atoms with van der Waals surface area (Å²) in [6, 6.07) is 0.891. The van der Waals surface area contributed by atoms with Crippen LogP contribution in [0.25, 0.3) is 5.70 Å². The lowest BCUT2D eigenvalue weighted by Crippen LogP contribution is -2.40. The van der Waals surface area contributed by atoms with E-state index in [1.807, 2.05) is 31.8 Å². The third-order valence-electron chi connectivity index (χ3n) is 6.23. The first-order chi connectivity index (χ1) is 14.4. The van der Waals surface area contributed by atoms with Gasteiger partial charge in [0.25, 0.3) is 0 Å². The van der Waals surface area contributed by atoms with Gasteiger partial charge in [0.2, 0.25) is 0 Å². The molecule has 2 aliphatic carbocycles. The van der Waals surface area contributed by atoms with E-state index in [-0.39, 0.29) is 0 Å². The van der Waals surface area contributed by atoms with Crippen molar-refractivity contribution in [2.24, 2.45) is 12.8 Å². The number of imidazole rings is 1. The summed E-state index contributed by atoms with van der Waals surface area (Å²) >= 11 is 0. The fourth-order valence-electron chi connectivity index (χ4n) is 4.31. The number of hydrogen-bond acceptors (Lipinski definition) is 3. The lowest BCUT2D eigenvalue weighted by molar-refractivity contribution is 0.217. The Kier molecular flexibility index (Phi) is 9.64. The molecule has 1 fully saturated rings. The maximum Gasteiger partial charge on any atom is 0.104 e. The van der Waals surface area contributed by atoms with Gasteiger partial charge >= 0.3 is 0 Å². The quantitative estimate of drug-likeness (QED) is 0.600. The Bertz CT molecular complexity index is 773. The second-order valence-corrected chi connectivity index (χ2v) is 8.51. The molecule has 4 heteroatoms. The van der Waals surface area contributed by atoms with Gasteiger partial charge in [0.05, 0.1) is 12.0 Å². The smallest absolute Gasteiger partial charge is 0.104 e. The second-order valence-electron chi connectivity index (χ2n) is 8.51. The van der Waals surface area contributed by atoms with Crippen molar-refractivity contribution in [2.75, 3.05) is 6.54 Å². The topological polar surface area (TPSA) is 47.1 Å².